The van der Waals surface area contributed by atoms with Gasteiger partial charge in [0.25, 0.3) is 0 Å². The van der Waals surface area contributed by atoms with Gasteiger partial charge in [0.2, 0.25) is 5.91 Å². The molecular weight excluding hydrogens is 264 g/mol. The van der Waals surface area contributed by atoms with Crippen LogP contribution in [-0.4, -0.2) is 37.6 Å². The van der Waals surface area contributed by atoms with E-state index in [2.05, 4.69) is 24.4 Å². The largest absolute Gasteiger partial charge is 0.496 e. The van der Waals surface area contributed by atoms with Crippen LogP contribution in [0.3, 0.4) is 0 Å². The number of carbonyl (C=O) groups is 1. The lowest BCUT2D eigenvalue weighted by Crippen LogP contribution is -2.36. The monoisotopic (exact) mass is 290 g/mol. The minimum atomic E-state index is 0.308. The Morgan fingerprint density at radius 3 is 2.95 bits per heavy atom. The number of ether oxygens (including phenoxy) is 1. The molecule has 0 saturated carbocycles. The van der Waals surface area contributed by atoms with E-state index in [1.54, 1.807) is 7.11 Å². The van der Waals surface area contributed by atoms with Crippen LogP contribution in [0.1, 0.15) is 36.8 Å². The molecule has 4 nitrogen and oxygen atoms in total. The van der Waals surface area contributed by atoms with E-state index in [4.69, 9.17) is 4.74 Å². The first-order valence-corrected chi connectivity index (χ1v) is 7.82. The lowest BCUT2D eigenvalue weighted by molar-refractivity contribution is -0.130. The number of hydrogen-bond donors (Lipinski definition) is 1. The highest BCUT2D eigenvalue weighted by Crippen LogP contribution is 2.19. The van der Waals surface area contributed by atoms with Gasteiger partial charge in [-0.05, 0) is 25.8 Å². The summed E-state index contributed by atoms with van der Waals surface area (Å²) in [6.07, 6.45) is 4.07. The van der Waals surface area contributed by atoms with Crippen molar-refractivity contribution in [3.63, 3.8) is 0 Å². The fraction of sp³-hybridized carbons (Fsp3) is 0.588. The molecule has 1 aliphatic heterocycles. The predicted molar refractivity (Wildman–Crippen MR) is 84.5 cm³/mol. The van der Waals surface area contributed by atoms with Gasteiger partial charge in [0, 0.05) is 38.2 Å². The number of hydrogen-bond acceptors (Lipinski definition) is 3. The summed E-state index contributed by atoms with van der Waals surface area (Å²) < 4.78 is 5.38. The van der Waals surface area contributed by atoms with E-state index in [9.17, 15) is 4.79 Å². The van der Waals surface area contributed by atoms with E-state index in [0.29, 0.717) is 12.3 Å². The van der Waals surface area contributed by atoms with E-state index in [-0.39, 0.29) is 0 Å². The second-order valence-corrected chi connectivity index (χ2v) is 5.68. The first-order valence-electron chi connectivity index (χ1n) is 7.82. The Morgan fingerprint density at radius 2 is 2.14 bits per heavy atom. The van der Waals surface area contributed by atoms with E-state index in [1.165, 1.54) is 17.5 Å². The Bertz CT molecular complexity index is 474. The molecular formula is C17H26N2O2. The van der Waals surface area contributed by atoms with E-state index >= 15 is 0 Å². The van der Waals surface area contributed by atoms with Crippen LogP contribution in [0.25, 0.3) is 0 Å². The topological polar surface area (TPSA) is 41.6 Å². The summed E-state index contributed by atoms with van der Waals surface area (Å²) in [5, 5.41) is 3.42. The van der Waals surface area contributed by atoms with Gasteiger partial charge in [-0.1, -0.05) is 24.1 Å². The second kappa shape index (κ2) is 8.03. The Labute approximate surface area is 127 Å². The van der Waals surface area contributed by atoms with Gasteiger partial charge in [-0.15, -0.1) is 0 Å². The number of likely N-dealkylation sites (tertiary alicyclic amines) is 1. The van der Waals surface area contributed by atoms with Gasteiger partial charge in [-0.25, -0.2) is 0 Å². The lowest BCUT2D eigenvalue weighted by atomic mass is 10.1. The Kier molecular flexibility index (Phi) is 6.05. The van der Waals surface area contributed by atoms with Crippen molar-refractivity contribution in [2.75, 3.05) is 26.7 Å². The zero-order valence-corrected chi connectivity index (χ0v) is 13.2. The molecule has 21 heavy (non-hydrogen) atoms. The van der Waals surface area contributed by atoms with E-state index < -0.39 is 0 Å². The van der Waals surface area contributed by atoms with Crippen molar-refractivity contribution < 1.29 is 9.53 Å². The summed E-state index contributed by atoms with van der Waals surface area (Å²) in [7, 11) is 1.70. The molecule has 1 N–H and O–H groups in total. The summed E-state index contributed by atoms with van der Waals surface area (Å²) in [5.74, 6) is 1.22. The number of amides is 1. The molecule has 1 saturated heterocycles. The third kappa shape index (κ3) is 4.74. The van der Waals surface area contributed by atoms with Crippen molar-refractivity contribution >= 4 is 5.91 Å². The molecule has 1 amide bonds. The molecule has 0 radical (unpaired) electrons. The molecule has 1 aromatic carbocycles. The number of aryl methyl sites for hydroxylation is 1. The van der Waals surface area contributed by atoms with Gasteiger partial charge in [0.15, 0.2) is 0 Å². The summed E-state index contributed by atoms with van der Waals surface area (Å²) >= 11 is 0. The number of nitrogens with zero attached hydrogens (tertiary/aromatic N) is 1. The molecule has 0 bridgehead atoms. The van der Waals surface area contributed by atoms with E-state index in [1.807, 2.05) is 11.0 Å². The van der Waals surface area contributed by atoms with Crippen molar-refractivity contribution in [3.05, 3.63) is 29.3 Å². The van der Waals surface area contributed by atoms with Gasteiger partial charge in [-0.3, -0.25) is 4.79 Å². The third-order valence-electron chi connectivity index (χ3n) is 3.98. The fourth-order valence-electron chi connectivity index (χ4n) is 2.76. The van der Waals surface area contributed by atoms with Crippen LogP contribution >= 0.6 is 0 Å². The van der Waals surface area contributed by atoms with Crippen LogP contribution in [0.5, 0.6) is 5.75 Å². The third-order valence-corrected chi connectivity index (χ3v) is 3.98. The minimum absolute atomic E-state index is 0.308. The summed E-state index contributed by atoms with van der Waals surface area (Å²) in [6, 6.07) is 6.20. The average molecular weight is 290 g/mol. The van der Waals surface area contributed by atoms with Gasteiger partial charge >= 0.3 is 0 Å². The maximum Gasteiger partial charge on any atom is 0.222 e. The maximum absolute atomic E-state index is 11.9. The first-order chi connectivity index (χ1) is 10.2. The molecule has 0 atom stereocenters. The fourth-order valence-corrected chi connectivity index (χ4v) is 2.76. The van der Waals surface area contributed by atoms with Crippen LogP contribution in [0.15, 0.2) is 18.2 Å². The highest BCUT2D eigenvalue weighted by atomic mass is 16.5. The van der Waals surface area contributed by atoms with Crippen molar-refractivity contribution in [1.29, 1.82) is 0 Å². The molecule has 1 fully saturated rings. The van der Waals surface area contributed by atoms with Crippen LogP contribution in [0, 0.1) is 6.92 Å². The van der Waals surface area contributed by atoms with Gasteiger partial charge in [0.05, 0.1) is 7.11 Å². The zero-order chi connectivity index (χ0) is 15.1. The van der Waals surface area contributed by atoms with Gasteiger partial charge < -0.3 is 15.0 Å². The predicted octanol–water partition coefficient (Wildman–Crippen LogP) is 2.50. The highest BCUT2D eigenvalue weighted by molar-refractivity contribution is 5.76. The molecule has 0 aliphatic carbocycles. The Balaban J connectivity index is 1.79. The molecule has 2 rings (SSSR count). The molecule has 0 unspecified atom stereocenters. The van der Waals surface area contributed by atoms with Crippen molar-refractivity contribution in [2.24, 2.45) is 0 Å². The highest BCUT2D eigenvalue weighted by Gasteiger charge is 2.15. The quantitative estimate of drug-likeness (QED) is 0.819. The first kappa shape index (κ1) is 15.8. The average Bonchev–Trinajstić information content (AvgIpc) is 2.68. The normalized spacial score (nSPS) is 15.9. The number of nitrogens with one attached hydrogen (secondary N) is 1. The van der Waals surface area contributed by atoms with Crippen LogP contribution < -0.4 is 10.1 Å². The van der Waals surface area contributed by atoms with Gasteiger partial charge in [0.1, 0.15) is 5.75 Å². The molecule has 0 aromatic heterocycles. The molecule has 1 aromatic rings. The van der Waals surface area contributed by atoms with E-state index in [0.717, 1.165) is 44.8 Å². The molecule has 1 heterocycles. The lowest BCUT2D eigenvalue weighted by Gasteiger charge is -2.20. The van der Waals surface area contributed by atoms with Crippen LogP contribution in [-0.2, 0) is 11.3 Å². The molecule has 116 valence electrons. The standard InChI is InChI=1S/C17H26N2O2/c1-14-7-8-16(21-2)15(12-14)13-18-9-11-19-10-5-3-4-6-17(19)20/h7-8,12,18H,3-6,9-11,13H2,1-2H3. The van der Waals surface area contributed by atoms with Crippen LogP contribution in [0.4, 0.5) is 0 Å². The second-order valence-electron chi connectivity index (χ2n) is 5.68. The SMILES string of the molecule is COc1ccc(C)cc1CNCCN1CCCCCC1=O. The molecule has 1 aliphatic rings. The smallest absolute Gasteiger partial charge is 0.222 e. The number of benzene rings is 1. The number of rotatable bonds is 6. The van der Waals surface area contributed by atoms with Gasteiger partial charge in [-0.2, -0.15) is 0 Å². The van der Waals surface area contributed by atoms with Crippen molar-refractivity contribution in [1.82, 2.24) is 10.2 Å². The molecule has 4 heteroatoms. The maximum atomic E-state index is 11.9. The molecule has 0 spiro atoms. The van der Waals surface area contributed by atoms with Crippen molar-refractivity contribution in [3.8, 4) is 5.75 Å². The Hall–Kier alpha value is -1.55. The number of methoxy groups -OCH3 is 1. The van der Waals surface area contributed by atoms with Crippen LogP contribution in [0.2, 0.25) is 0 Å². The Morgan fingerprint density at radius 1 is 1.29 bits per heavy atom. The number of carbonyl (C=O) groups excluding carboxylic acids is 1. The summed E-state index contributed by atoms with van der Waals surface area (Å²) in [5.41, 5.74) is 2.40. The van der Waals surface area contributed by atoms with Crippen molar-refractivity contribution in [2.45, 2.75) is 39.2 Å². The zero-order valence-electron chi connectivity index (χ0n) is 13.2. The summed E-state index contributed by atoms with van der Waals surface area (Å²) in [4.78, 5) is 13.9. The summed E-state index contributed by atoms with van der Waals surface area (Å²) in [6.45, 7) is 5.38. The minimum Gasteiger partial charge on any atom is -0.496 e.